The number of rotatable bonds is 6. The Hall–Kier alpha value is -2.28. The summed E-state index contributed by atoms with van der Waals surface area (Å²) in [6.07, 6.45) is 4.69. The SMILES string of the molecule is CCc1cc(N2CCC(Nc3cc(COC)nc(C(C)(C)C)n3)CC2)ncn1. The topological polar surface area (TPSA) is 76.1 Å². The van der Waals surface area contributed by atoms with Crippen LogP contribution >= 0.6 is 0 Å². The smallest absolute Gasteiger partial charge is 0.136 e. The number of ether oxygens (including phenoxy) is 1. The molecule has 1 aliphatic heterocycles. The van der Waals surface area contributed by atoms with E-state index in [-0.39, 0.29) is 5.41 Å². The standard InChI is InChI=1S/C21H32N6O/c1-6-15-12-19(23-14-22-15)27-9-7-16(8-10-27)24-18-11-17(13-28-5)25-20(26-18)21(2,3)4/h11-12,14,16H,6-10,13H2,1-5H3,(H,24,25,26). The molecule has 7 nitrogen and oxygen atoms in total. The normalized spacial score (nSPS) is 15.7. The quantitative estimate of drug-likeness (QED) is 0.818. The Labute approximate surface area is 168 Å². The van der Waals surface area contributed by atoms with E-state index in [2.05, 4.69) is 58.9 Å². The molecule has 0 aliphatic carbocycles. The molecule has 152 valence electrons. The molecule has 1 N–H and O–H groups in total. The Morgan fingerprint density at radius 2 is 1.86 bits per heavy atom. The van der Waals surface area contributed by atoms with Crippen molar-refractivity contribution < 1.29 is 4.74 Å². The number of hydrogen-bond acceptors (Lipinski definition) is 7. The second kappa shape index (κ2) is 8.82. The molecule has 7 heteroatoms. The minimum atomic E-state index is -0.104. The first-order chi connectivity index (χ1) is 13.4. The van der Waals surface area contributed by atoms with Gasteiger partial charge in [-0.25, -0.2) is 19.9 Å². The molecule has 28 heavy (non-hydrogen) atoms. The molecule has 0 spiro atoms. The number of piperidine rings is 1. The van der Waals surface area contributed by atoms with E-state index < -0.39 is 0 Å². The fourth-order valence-electron chi connectivity index (χ4n) is 3.34. The maximum atomic E-state index is 5.29. The van der Waals surface area contributed by atoms with Crippen molar-refractivity contribution in [1.82, 2.24) is 19.9 Å². The van der Waals surface area contributed by atoms with Gasteiger partial charge in [0.2, 0.25) is 0 Å². The van der Waals surface area contributed by atoms with Crippen LogP contribution in [0.25, 0.3) is 0 Å². The molecule has 0 atom stereocenters. The first kappa shape index (κ1) is 20.5. The van der Waals surface area contributed by atoms with Gasteiger partial charge in [-0.2, -0.15) is 0 Å². The Morgan fingerprint density at radius 1 is 1.11 bits per heavy atom. The van der Waals surface area contributed by atoms with Crippen molar-refractivity contribution in [3.63, 3.8) is 0 Å². The molecule has 1 fully saturated rings. The zero-order valence-corrected chi connectivity index (χ0v) is 17.7. The Morgan fingerprint density at radius 3 is 2.50 bits per heavy atom. The number of hydrogen-bond donors (Lipinski definition) is 1. The van der Waals surface area contributed by atoms with Crippen molar-refractivity contribution in [2.24, 2.45) is 0 Å². The summed E-state index contributed by atoms with van der Waals surface area (Å²) in [6, 6.07) is 4.50. The molecule has 2 aromatic heterocycles. The van der Waals surface area contributed by atoms with Crippen LogP contribution in [0.15, 0.2) is 18.5 Å². The largest absolute Gasteiger partial charge is 0.378 e. The van der Waals surface area contributed by atoms with E-state index in [1.54, 1.807) is 13.4 Å². The van der Waals surface area contributed by atoms with Gasteiger partial charge in [0.05, 0.1) is 12.3 Å². The lowest BCUT2D eigenvalue weighted by Gasteiger charge is -2.33. The second-order valence-electron chi connectivity index (χ2n) is 8.38. The van der Waals surface area contributed by atoms with E-state index in [4.69, 9.17) is 9.72 Å². The Kier molecular flexibility index (Phi) is 6.44. The highest BCUT2D eigenvalue weighted by Crippen LogP contribution is 2.24. The van der Waals surface area contributed by atoms with Crippen LogP contribution in [0.5, 0.6) is 0 Å². The molecule has 3 heterocycles. The molecule has 1 saturated heterocycles. The second-order valence-corrected chi connectivity index (χ2v) is 8.38. The highest BCUT2D eigenvalue weighted by atomic mass is 16.5. The molecule has 2 aromatic rings. The van der Waals surface area contributed by atoms with Gasteiger partial charge < -0.3 is 15.0 Å². The number of methoxy groups -OCH3 is 1. The van der Waals surface area contributed by atoms with Crippen molar-refractivity contribution in [2.75, 3.05) is 30.4 Å². The van der Waals surface area contributed by atoms with Gasteiger partial charge in [-0.15, -0.1) is 0 Å². The van der Waals surface area contributed by atoms with Crippen molar-refractivity contribution in [2.45, 2.75) is 65.0 Å². The van der Waals surface area contributed by atoms with Crippen molar-refractivity contribution in [3.8, 4) is 0 Å². The molecule has 1 aliphatic rings. The summed E-state index contributed by atoms with van der Waals surface area (Å²) in [5.41, 5.74) is 1.90. The van der Waals surface area contributed by atoms with Crippen LogP contribution < -0.4 is 10.2 Å². The molecular formula is C21H32N6O. The van der Waals surface area contributed by atoms with Gasteiger partial charge in [-0.3, -0.25) is 0 Å². The van der Waals surface area contributed by atoms with E-state index in [1.165, 1.54) is 0 Å². The minimum Gasteiger partial charge on any atom is -0.378 e. The van der Waals surface area contributed by atoms with Gasteiger partial charge in [0.25, 0.3) is 0 Å². The summed E-state index contributed by atoms with van der Waals surface area (Å²) in [5.74, 6) is 2.76. The molecule has 0 unspecified atom stereocenters. The van der Waals surface area contributed by atoms with Gasteiger partial charge in [0.15, 0.2) is 0 Å². The summed E-state index contributed by atoms with van der Waals surface area (Å²) < 4.78 is 5.29. The molecular weight excluding hydrogens is 352 g/mol. The minimum absolute atomic E-state index is 0.104. The molecule has 0 aromatic carbocycles. The first-order valence-electron chi connectivity index (χ1n) is 10.1. The van der Waals surface area contributed by atoms with Gasteiger partial charge in [0, 0.05) is 49.5 Å². The van der Waals surface area contributed by atoms with Crippen molar-refractivity contribution >= 4 is 11.6 Å². The van der Waals surface area contributed by atoms with Crippen LogP contribution in [0, 0.1) is 0 Å². The summed E-state index contributed by atoms with van der Waals surface area (Å²) in [7, 11) is 1.69. The third kappa shape index (κ3) is 5.16. The number of nitrogens with one attached hydrogen (secondary N) is 1. The Balaban J connectivity index is 1.66. The molecule has 0 bridgehead atoms. The summed E-state index contributed by atoms with van der Waals surface area (Å²) in [5, 5.41) is 3.62. The summed E-state index contributed by atoms with van der Waals surface area (Å²) in [4.78, 5) is 20.5. The average molecular weight is 385 g/mol. The van der Waals surface area contributed by atoms with Gasteiger partial charge in [-0.1, -0.05) is 27.7 Å². The van der Waals surface area contributed by atoms with Crippen LogP contribution in [0.2, 0.25) is 0 Å². The Bertz CT molecular complexity index is 781. The van der Waals surface area contributed by atoms with E-state index >= 15 is 0 Å². The van der Waals surface area contributed by atoms with Gasteiger partial charge in [0.1, 0.15) is 23.8 Å². The van der Waals surface area contributed by atoms with E-state index in [0.29, 0.717) is 12.6 Å². The van der Waals surface area contributed by atoms with E-state index in [1.807, 2.05) is 6.07 Å². The molecule has 0 saturated carbocycles. The molecule has 0 radical (unpaired) electrons. The van der Waals surface area contributed by atoms with Crippen LogP contribution in [0.3, 0.4) is 0 Å². The number of aromatic nitrogens is 4. The zero-order valence-electron chi connectivity index (χ0n) is 17.7. The third-order valence-electron chi connectivity index (χ3n) is 4.98. The lowest BCUT2D eigenvalue weighted by Crippen LogP contribution is -2.39. The van der Waals surface area contributed by atoms with Crippen LogP contribution in [-0.4, -0.2) is 46.2 Å². The zero-order chi connectivity index (χ0) is 20.1. The predicted molar refractivity (Wildman–Crippen MR) is 112 cm³/mol. The van der Waals surface area contributed by atoms with Gasteiger partial charge >= 0.3 is 0 Å². The van der Waals surface area contributed by atoms with Crippen molar-refractivity contribution in [1.29, 1.82) is 0 Å². The highest BCUT2D eigenvalue weighted by Gasteiger charge is 2.23. The van der Waals surface area contributed by atoms with Gasteiger partial charge in [-0.05, 0) is 19.3 Å². The maximum Gasteiger partial charge on any atom is 0.136 e. The van der Waals surface area contributed by atoms with Crippen LogP contribution in [0.4, 0.5) is 11.6 Å². The van der Waals surface area contributed by atoms with Crippen LogP contribution in [-0.2, 0) is 23.2 Å². The average Bonchev–Trinajstić information content (AvgIpc) is 2.68. The lowest BCUT2D eigenvalue weighted by atomic mass is 9.95. The number of nitrogens with zero attached hydrogens (tertiary/aromatic N) is 5. The molecule has 3 rings (SSSR count). The summed E-state index contributed by atoms with van der Waals surface area (Å²) in [6.45, 7) is 11.0. The van der Waals surface area contributed by atoms with E-state index in [0.717, 1.165) is 61.2 Å². The fraction of sp³-hybridized carbons (Fsp3) is 0.619. The fourth-order valence-corrected chi connectivity index (χ4v) is 3.34. The van der Waals surface area contributed by atoms with Crippen LogP contribution in [0.1, 0.15) is 57.7 Å². The number of aryl methyl sites for hydroxylation is 1. The first-order valence-corrected chi connectivity index (χ1v) is 10.1. The monoisotopic (exact) mass is 384 g/mol. The van der Waals surface area contributed by atoms with E-state index in [9.17, 15) is 0 Å². The lowest BCUT2D eigenvalue weighted by molar-refractivity contribution is 0.181. The summed E-state index contributed by atoms with van der Waals surface area (Å²) >= 11 is 0. The predicted octanol–water partition coefficient (Wildman–Crippen LogP) is 3.35. The van der Waals surface area contributed by atoms with Crippen molar-refractivity contribution in [3.05, 3.63) is 35.7 Å². The highest BCUT2D eigenvalue weighted by molar-refractivity contribution is 5.42. The maximum absolute atomic E-state index is 5.29. The number of anilines is 2. The molecule has 0 amide bonds. The third-order valence-corrected chi connectivity index (χ3v) is 4.98.